The third kappa shape index (κ3) is 5.16. The summed E-state index contributed by atoms with van der Waals surface area (Å²) in [6.45, 7) is 4.11. The standard InChI is InChI=1S/C20H23N3O3S/c1-3-15-7-5-8-16(4-2)19(15)23-20(24)17-9-11-18(12-10-17)27(25,26)22-14-6-13-21/h5,7-12,22H,3-4,6,14H2,1-2H3,(H,23,24). The fourth-order valence-corrected chi connectivity index (χ4v) is 3.73. The van der Waals surface area contributed by atoms with Gasteiger partial charge in [-0.3, -0.25) is 4.79 Å². The average Bonchev–Trinajstić information content (AvgIpc) is 2.68. The van der Waals surface area contributed by atoms with Gasteiger partial charge < -0.3 is 5.32 Å². The van der Waals surface area contributed by atoms with E-state index < -0.39 is 10.0 Å². The number of nitriles is 1. The third-order valence-corrected chi connectivity index (χ3v) is 5.67. The van der Waals surface area contributed by atoms with E-state index in [9.17, 15) is 13.2 Å². The number of para-hydroxylation sites is 1. The second-order valence-corrected chi connectivity index (χ2v) is 7.71. The molecule has 0 aromatic heterocycles. The lowest BCUT2D eigenvalue weighted by Crippen LogP contribution is -2.24. The van der Waals surface area contributed by atoms with Crippen LogP contribution in [-0.2, 0) is 22.9 Å². The molecule has 1 amide bonds. The lowest BCUT2D eigenvalue weighted by Gasteiger charge is -2.14. The molecule has 0 radical (unpaired) electrons. The van der Waals surface area contributed by atoms with Gasteiger partial charge in [0.25, 0.3) is 5.91 Å². The number of hydrogen-bond acceptors (Lipinski definition) is 4. The molecule has 2 N–H and O–H groups in total. The number of nitrogens with one attached hydrogen (secondary N) is 2. The molecule has 0 aliphatic carbocycles. The molecule has 0 heterocycles. The number of hydrogen-bond donors (Lipinski definition) is 2. The van der Waals surface area contributed by atoms with Gasteiger partial charge in [-0.1, -0.05) is 32.0 Å². The Balaban J connectivity index is 2.19. The summed E-state index contributed by atoms with van der Waals surface area (Å²) in [6.07, 6.45) is 1.69. The van der Waals surface area contributed by atoms with E-state index in [1.807, 2.05) is 38.1 Å². The van der Waals surface area contributed by atoms with Crippen molar-refractivity contribution >= 4 is 21.6 Å². The third-order valence-electron chi connectivity index (χ3n) is 4.19. The van der Waals surface area contributed by atoms with Crippen molar-refractivity contribution in [3.05, 3.63) is 59.2 Å². The highest BCUT2D eigenvalue weighted by Crippen LogP contribution is 2.23. The molecule has 0 saturated carbocycles. The normalized spacial score (nSPS) is 11.0. The maximum Gasteiger partial charge on any atom is 0.255 e. The molecular formula is C20H23N3O3S. The number of benzene rings is 2. The van der Waals surface area contributed by atoms with Gasteiger partial charge in [0.15, 0.2) is 0 Å². The van der Waals surface area contributed by atoms with Crippen LogP contribution < -0.4 is 10.0 Å². The van der Waals surface area contributed by atoms with Gasteiger partial charge in [0.1, 0.15) is 0 Å². The maximum absolute atomic E-state index is 12.6. The summed E-state index contributed by atoms with van der Waals surface area (Å²) < 4.78 is 26.6. The molecule has 0 fully saturated rings. The van der Waals surface area contributed by atoms with E-state index in [1.54, 1.807) is 0 Å². The van der Waals surface area contributed by atoms with Crippen molar-refractivity contribution < 1.29 is 13.2 Å². The Morgan fingerprint density at radius 1 is 1.04 bits per heavy atom. The summed E-state index contributed by atoms with van der Waals surface area (Å²) in [6, 6.07) is 13.6. The van der Waals surface area contributed by atoms with Crippen LogP contribution in [0.25, 0.3) is 0 Å². The molecule has 27 heavy (non-hydrogen) atoms. The first-order valence-electron chi connectivity index (χ1n) is 8.81. The molecule has 0 unspecified atom stereocenters. The number of nitrogens with zero attached hydrogens (tertiary/aromatic N) is 1. The average molecular weight is 385 g/mol. The molecule has 7 heteroatoms. The van der Waals surface area contributed by atoms with Crippen molar-refractivity contribution in [1.82, 2.24) is 4.72 Å². The van der Waals surface area contributed by atoms with Crippen LogP contribution in [-0.4, -0.2) is 20.9 Å². The summed E-state index contributed by atoms with van der Waals surface area (Å²) in [5.41, 5.74) is 3.31. The van der Waals surface area contributed by atoms with Gasteiger partial charge in [-0.05, 0) is 48.2 Å². The van der Waals surface area contributed by atoms with Crippen molar-refractivity contribution in [3.8, 4) is 6.07 Å². The summed E-state index contributed by atoms with van der Waals surface area (Å²) in [7, 11) is -3.69. The van der Waals surface area contributed by atoms with Crippen molar-refractivity contribution in [1.29, 1.82) is 5.26 Å². The molecule has 0 aliphatic rings. The van der Waals surface area contributed by atoms with Crippen LogP contribution in [0.2, 0.25) is 0 Å². The van der Waals surface area contributed by atoms with Crippen LogP contribution in [0.15, 0.2) is 47.4 Å². The minimum atomic E-state index is -3.69. The van der Waals surface area contributed by atoms with E-state index in [1.165, 1.54) is 24.3 Å². The summed E-state index contributed by atoms with van der Waals surface area (Å²) in [5.74, 6) is -0.285. The Morgan fingerprint density at radius 2 is 1.63 bits per heavy atom. The largest absolute Gasteiger partial charge is 0.321 e. The minimum absolute atomic E-state index is 0.0503. The van der Waals surface area contributed by atoms with Gasteiger partial charge in [0.05, 0.1) is 11.0 Å². The highest BCUT2D eigenvalue weighted by atomic mass is 32.2. The van der Waals surface area contributed by atoms with Gasteiger partial charge in [-0.15, -0.1) is 0 Å². The molecular weight excluding hydrogens is 362 g/mol. The van der Waals surface area contributed by atoms with Crippen LogP contribution in [0.1, 0.15) is 41.8 Å². The number of carbonyl (C=O) groups excluding carboxylic acids is 1. The second-order valence-electron chi connectivity index (χ2n) is 5.94. The minimum Gasteiger partial charge on any atom is -0.321 e. The van der Waals surface area contributed by atoms with Crippen molar-refractivity contribution in [2.45, 2.75) is 38.0 Å². The predicted molar refractivity (Wildman–Crippen MR) is 105 cm³/mol. The zero-order valence-electron chi connectivity index (χ0n) is 15.5. The van der Waals surface area contributed by atoms with E-state index >= 15 is 0 Å². The van der Waals surface area contributed by atoms with Gasteiger partial charge in [0, 0.05) is 24.2 Å². The molecule has 0 spiro atoms. The van der Waals surface area contributed by atoms with Crippen LogP contribution >= 0.6 is 0 Å². The van der Waals surface area contributed by atoms with Gasteiger partial charge in [0.2, 0.25) is 10.0 Å². The van der Waals surface area contributed by atoms with Crippen LogP contribution in [0.3, 0.4) is 0 Å². The first-order valence-corrected chi connectivity index (χ1v) is 10.3. The molecule has 2 aromatic carbocycles. The molecule has 2 rings (SSSR count). The molecule has 6 nitrogen and oxygen atoms in total. The monoisotopic (exact) mass is 385 g/mol. The number of sulfonamides is 1. The topological polar surface area (TPSA) is 99.1 Å². The lowest BCUT2D eigenvalue weighted by molar-refractivity contribution is 0.102. The number of amides is 1. The Bertz CT molecular complexity index is 923. The van der Waals surface area contributed by atoms with Crippen LogP contribution in [0.4, 0.5) is 5.69 Å². The number of aryl methyl sites for hydroxylation is 2. The Kier molecular flexibility index (Phi) is 7.11. The fourth-order valence-electron chi connectivity index (χ4n) is 2.70. The van der Waals surface area contributed by atoms with E-state index in [0.29, 0.717) is 5.56 Å². The molecule has 0 aliphatic heterocycles. The quantitative estimate of drug-likeness (QED) is 0.681. The molecule has 0 bridgehead atoms. The molecule has 142 valence electrons. The summed E-state index contributed by atoms with van der Waals surface area (Å²) in [4.78, 5) is 12.7. The molecule has 2 aromatic rings. The SMILES string of the molecule is CCc1cccc(CC)c1NC(=O)c1ccc(S(=O)(=O)NCCC#N)cc1. The van der Waals surface area contributed by atoms with E-state index in [-0.39, 0.29) is 23.8 Å². The van der Waals surface area contributed by atoms with Crippen LogP contribution in [0, 0.1) is 11.3 Å². The highest BCUT2D eigenvalue weighted by molar-refractivity contribution is 7.89. The smallest absolute Gasteiger partial charge is 0.255 e. The van der Waals surface area contributed by atoms with Gasteiger partial charge >= 0.3 is 0 Å². The number of rotatable bonds is 8. The van der Waals surface area contributed by atoms with Crippen molar-refractivity contribution in [2.24, 2.45) is 0 Å². The highest BCUT2D eigenvalue weighted by Gasteiger charge is 2.16. The van der Waals surface area contributed by atoms with Crippen molar-refractivity contribution in [3.63, 3.8) is 0 Å². The predicted octanol–water partition coefficient (Wildman–Crippen LogP) is 3.26. The van der Waals surface area contributed by atoms with Crippen molar-refractivity contribution in [2.75, 3.05) is 11.9 Å². The van der Waals surface area contributed by atoms with E-state index in [4.69, 9.17) is 5.26 Å². The van der Waals surface area contributed by atoms with E-state index in [0.717, 1.165) is 29.7 Å². The summed E-state index contributed by atoms with van der Waals surface area (Å²) in [5, 5.41) is 11.5. The number of anilines is 1. The lowest BCUT2D eigenvalue weighted by atomic mass is 10.0. The Labute approximate surface area is 160 Å². The van der Waals surface area contributed by atoms with Crippen LogP contribution in [0.5, 0.6) is 0 Å². The zero-order valence-corrected chi connectivity index (χ0v) is 16.3. The Hall–Kier alpha value is -2.69. The number of carbonyl (C=O) groups is 1. The molecule has 0 atom stereocenters. The molecule has 0 saturated heterocycles. The van der Waals surface area contributed by atoms with E-state index in [2.05, 4.69) is 10.0 Å². The maximum atomic E-state index is 12.6. The zero-order chi connectivity index (χ0) is 19.9. The Morgan fingerprint density at radius 3 is 2.15 bits per heavy atom. The van der Waals surface area contributed by atoms with Gasteiger partial charge in [-0.2, -0.15) is 5.26 Å². The fraction of sp³-hybridized carbons (Fsp3) is 0.300. The summed E-state index contributed by atoms with van der Waals surface area (Å²) >= 11 is 0. The van der Waals surface area contributed by atoms with Gasteiger partial charge in [-0.25, -0.2) is 13.1 Å². The first kappa shape index (κ1) is 20.6. The second kappa shape index (κ2) is 9.31. The first-order chi connectivity index (χ1) is 12.9.